The lowest BCUT2D eigenvalue weighted by molar-refractivity contribution is 1.04. The third-order valence-electron chi connectivity index (χ3n) is 7.18. The molecule has 30 heavy (non-hydrogen) atoms. The van der Waals surface area contributed by atoms with Crippen molar-refractivity contribution < 1.29 is 0 Å². The predicted molar refractivity (Wildman–Crippen MR) is 135 cm³/mol. The number of hydrogen-bond donors (Lipinski definition) is 0. The zero-order chi connectivity index (χ0) is 21.4. The molecule has 0 aliphatic rings. The minimum Gasteiger partial charge on any atom is -0.0613 e. The van der Waals surface area contributed by atoms with E-state index in [2.05, 4.69) is 77.9 Å². The van der Waals surface area contributed by atoms with Gasteiger partial charge in [0.15, 0.2) is 0 Å². The molecule has 0 amide bonds. The summed E-state index contributed by atoms with van der Waals surface area (Å²) in [7, 11) is 0. The first-order valence-electron chi connectivity index (χ1n) is 12.1. The largest absolute Gasteiger partial charge is 0.0613 e. The van der Waals surface area contributed by atoms with Crippen LogP contribution in [0, 0.1) is 0 Å². The van der Waals surface area contributed by atoms with E-state index < -0.39 is 0 Å². The van der Waals surface area contributed by atoms with Gasteiger partial charge in [-0.1, -0.05) is 77.9 Å². The summed E-state index contributed by atoms with van der Waals surface area (Å²) < 4.78 is 0. The summed E-state index contributed by atoms with van der Waals surface area (Å²) in [5.41, 5.74) is 9.02. The molecule has 0 aliphatic heterocycles. The van der Waals surface area contributed by atoms with Crippen molar-refractivity contribution in [3.8, 4) is 0 Å². The summed E-state index contributed by atoms with van der Waals surface area (Å²) in [6.45, 7) is 13.7. The lowest BCUT2D eigenvalue weighted by atomic mass is 9.85. The highest BCUT2D eigenvalue weighted by molar-refractivity contribution is 6.26. The average molecular weight is 397 g/mol. The van der Waals surface area contributed by atoms with Crippen LogP contribution >= 0.6 is 0 Å². The Hall–Kier alpha value is -2.34. The quantitative estimate of drug-likeness (QED) is 0.286. The van der Waals surface area contributed by atoms with Crippen LogP contribution in [0.25, 0.3) is 32.3 Å². The van der Waals surface area contributed by atoms with Gasteiger partial charge in [0.05, 0.1) is 0 Å². The van der Waals surface area contributed by atoms with Crippen LogP contribution in [0.2, 0.25) is 0 Å². The number of aryl methyl sites for hydroxylation is 6. The van der Waals surface area contributed by atoms with E-state index in [1.807, 2.05) is 0 Å². The smallest absolute Gasteiger partial charge is 0.00959 e. The molecule has 0 heteroatoms. The zero-order valence-corrected chi connectivity index (χ0v) is 19.7. The van der Waals surface area contributed by atoms with Crippen LogP contribution in [-0.4, -0.2) is 0 Å². The molecule has 0 fully saturated rings. The third-order valence-corrected chi connectivity index (χ3v) is 7.18. The summed E-state index contributed by atoms with van der Waals surface area (Å²) in [5.74, 6) is 0. The summed E-state index contributed by atoms with van der Waals surface area (Å²) in [6, 6.07) is 15.0. The van der Waals surface area contributed by atoms with Crippen LogP contribution < -0.4 is 0 Å². The fourth-order valence-electron chi connectivity index (χ4n) is 5.38. The first-order chi connectivity index (χ1) is 14.6. The van der Waals surface area contributed by atoms with E-state index in [-0.39, 0.29) is 0 Å². The van der Waals surface area contributed by atoms with Crippen molar-refractivity contribution in [3.05, 3.63) is 69.8 Å². The maximum absolute atomic E-state index is 2.50. The Balaban J connectivity index is 2.29. The van der Waals surface area contributed by atoms with Gasteiger partial charge in [0.2, 0.25) is 0 Å². The molecule has 156 valence electrons. The lowest BCUT2D eigenvalue weighted by Crippen LogP contribution is -1.98. The van der Waals surface area contributed by atoms with Gasteiger partial charge in [0.25, 0.3) is 0 Å². The molecule has 4 aromatic carbocycles. The molecule has 0 unspecified atom stereocenters. The standard InChI is InChI=1S/C30H36/c1-7-19-13-25-26(14-20(19)8-2)28-16-22(10-4)24(12-6)18-30(28)29-17-23(11-5)21(9-3)15-27(25)29/h13-18H,7-12H2,1-6H3. The van der Waals surface area contributed by atoms with E-state index in [0.717, 1.165) is 38.5 Å². The van der Waals surface area contributed by atoms with Crippen molar-refractivity contribution in [2.24, 2.45) is 0 Å². The van der Waals surface area contributed by atoms with E-state index in [1.54, 1.807) is 0 Å². The Labute approximate surface area is 182 Å². The number of rotatable bonds is 6. The normalized spacial score (nSPS) is 11.8. The lowest BCUT2D eigenvalue weighted by Gasteiger charge is -2.18. The molecule has 0 aliphatic carbocycles. The number of benzene rings is 4. The van der Waals surface area contributed by atoms with Gasteiger partial charge in [0.1, 0.15) is 0 Å². The number of hydrogen-bond acceptors (Lipinski definition) is 0. The Morgan fingerprint density at radius 1 is 0.300 bits per heavy atom. The van der Waals surface area contributed by atoms with Crippen LogP contribution in [0.1, 0.15) is 74.9 Å². The minimum absolute atomic E-state index is 1.10. The first kappa shape index (κ1) is 20.9. The van der Waals surface area contributed by atoms with E-state index in [1.165, 1.54) is 65.7 Å². The first-order valence-corrected chi connectivity index (χ1v) is 12.1. The molecule has 4 aromatic rings. The molecule has 0 radical (unpaired) electrons. The summed E-state index contributed by atoms with van der Waals surface area (Å²) >= 11 is 0. The van der Waals surface area contributed by atoms with Crippen molar-refractivity contribution in [1.29, 1.82) is 0 Å². The van der Waals surface area contributed by atoms with E-state index in [0.29, 0.717) is 0 Å². The minimum atomic E-state index is 1.10. The molecular formula is C30H36. The second-order valence-corrected chi connectivity index (χ2v) is 8.62. The van der Waals surface area contributed by atoms with E-state index in [9.17, 15) is 0 Å². The highest BCUT2D eigenvalue weighted by Crippen LogP contribution is 2.39. The van der Waals surface area contributed by atoms with Gasteiger partial charge >= 0.3 is 0 Å². The molecular weight excluding hydrogens is 360 g/mol. The maximum Gasteiger partial charge on any atom is -0.00959 e. The Morgan fingerprint density at radius 2 is 0.433 bits per heavy atom. The predicted octanol–water partition coefficient (Wildman–Crippen LogP) is 8.52. The van der Waals surface area contributed by atoms with Crippen LogP contribution in [0.3, 0.4) is 0 Å². The van der Waals surface area contributed by atoms with Gasteiger partial charge < -0.3 is 0 Å². The van der Waals surface area contributed by atoms with Gasteiger partial charge in [-0.3, -0.25) is 0 Å². The Bertz CT molecular complexity index is 958. The van der Waals surface area contributed by atoms with Crippen LogP contribution in [0.15, 0.2) is 36.4 Å². The summed E-state index contributed by atoms with van der Waals surface area (Å²) in [4.78, 5) is 0. The van der Waals surface area contributed by atoms with Gasteiger partial charge in [-0.05, 0) is 104 Å². The molecule has 0 nitrogen and oxygen atoms in total. The van der Waals surface area contributed by atoms with Gasteiger partial charge in [-0.2, -0.15) is 0 Å². The molecule has 0 atom stereocenters. The molecule has 4 rings (SSSR count). The number of fused-ring (bicyclic) bond motifs is 6. The average Bonchev–Trinajstić information content (AvgIpc) is 2.81. The second kappa shape index (κ2) is 8.42. The molecule has 0 N–H and O–H groups in total. The highest BCUT2D eigenvalue weighted by Gasteiger charge is 2.15. The summed E-state index contributed by atoms with van der Waals surface area (Å²) in [5, 5.41) is 8.64. The summed E-state index contributed by atoms with van der Waals surface area (Å²) in [6.07, 6.45) is 6.59. The zero-order valence-electron chi connectivity index (χ0n) is 19.7. The Kier molecular flexibility index (Phi) is 5.87. The van der Waals surface area contributed by atoms with Crippen molar-refractivity contribution in [3.63, 3.8) is 0 Å². The third kappa shape index (κ3) is 3.22. The topological polar surface area (TPSA) is 0 Å². The maximum atomic E-state index is 2.50. The van der Waals surface area contributed by atoms with Crippen LogP contribution in [0.4, 0.5) is 0 Å². The second-order valence-electron chi connectivity index (χ2n) is 8.62. The van der Waals surface area contributed by atoms with Gasteiger partial charge in [-0.25, -0.2) is 0 Å². The van der Waals surface area contributed by atoms with Crippen LogP contribution in [0.5, 0.6) is 0 Å². The SMILES string of the molecule is CCc1cc2c3cc(CC)c(CC)cc3c3cc(CC)c(CC)cc3c2cc1CC. The fraction of sp³-hybridized carbons (Fsp3) is 0.400. The molecule has 0 saturated heterocycles. The van der Waals surface area contributed by atoms with Crippen molar-refractivity contribution in [2.45, 2.75) is 80.1 Å². The Morgan fingerprint density at radius 3 is 0.533 bits per heavy atom. The molecule has 0 aromatic heterocycles. The van der Waals surface area contributed by atoms with Gasteiger partial charge in [-0.15, -0.1) is 0 Å². The molecule has 0 bridgehead atoms. The van der Waals surface area contributed by atoms with E-state index in [4.69, 9.17) is 0 Å². The van der Waals surface area contributed by atoms with Crippen molar-refractivity contribution in [2.75, 3.05) is 0 Å². The highest BCUT2D eigenvalue weighted by atomic mass is 14.2. The monoisotopic (exact) mass is 396 g/mol. The van der Waals surface area contributed by atoms with Crippen molar-refractivity contribution >= 4 is 32.3 Å². The molecule has 0 saturated carbocycles. The van der Waals surface area contributed by atoms with Crippen molar-refractivity contribution in [1.82, 2.24) is 0 Å². The molecule has 0 heterocycles. The van der Waals surface area contributed by atoms with E-state index >= 15 is 0 Å². The van der Waals surface area contributed by atoms with Gasteiger partial charge in [0, 0.05) is 0 Å². The fourth-order valence-corrected chi connectivity index (χ4v) is 5.38. The molecule has 0 spiro atoms. The van der Waals surface area contributed by atoms with Crippen LogP contribution in [-0.2, 0) is 38.5 Å².